The zero-order valence-corrected chi connectivity index (χ0v) is 9.37. The van der Waals surface area contributed by atoms with E-state index in [1.54, 1.807) is 12.3 Å². The molecule has 0 spiro atoms. The van der Waals surface area contributed by atoms with Crippen molar-refractivity contribution >= 4 is 0 Å². The Kier molecular flexibility index (Phi) is 2.75. The number of aromatic nitrogens is 4. The molecule has 5 heteroatoms. The van der Waals surface area contributed by atoms with Gasteiger partial charge in [-0.15, -0.1) is 0 Å². The molecule has 2 heterocycles. The third-order valence-corrected chi connectivity index (χ3v) is 2.69. The van der Waals surface area contributed by atoms with Crippen LogP contribution in [0.1, 0.15) is 18.4 Å². The fourth-order valence-corrected chi connectivity index (χ4v) is 1.55. The number of rotatable bonds is 4. The average molecular weight is 227 g/mol. The maximum atomic E-state index is 4.31. The van der Waals surface area contributed by atoms with Crippen molar-refractivity contribution in [2.45, 2.75) is 25.4 Å². The van der Waals surface area contributed by atoms with E-state index < -0.39 is 0 Å². The molecule has 3 rings (SSSR count). The first-order chi connectivity index (χ1) is 8.42. The van der Waals surface area contributed by atoms with Gasteiger partial charge in [-0.3, -0.25) is 0 Å². The smallest absolute Gasteiger partial charge is 0.178 e. The van der Waals surface area contributed by atoms with Gasteiger partial charge in [0.25, 0.3) is 0 Å². The Balaban J connectivity index is 1.70. The summed E-state index contributed by atoms with van der Waals surface area (Å²) in [6.45, 7) is 0.842. The van der Waals surface area contributed by atoms with Crippen molar-refractivity contribution in [3.63, 3.8) is 0 Å². The molecule has 2 aromatic rings. The molecule has 0 aromatic carbocycles. The summed E-state index contributed by atoms with van der Waals surface area (Å²) in [6.07, 6.45) is 9.47. The van der Waals surface area contributed by atoms with Gasteiger partial charge in [0.15, 0.2) is 5.82 Å². The normalized spacial score (nSPS) is 14.8. The quantitative estimate of drug-likeness (QED) is 0.849. The largest absolute Gasteiger partial charge is 0.310 e. The van der Waals surface area contributed by atoms with E-state index in [0.29, 0.717) is 11.9 Å². The predicted octanol–water partition coefficient (Wildman–Crippen LogP) is 1.19. The average Bonchev–Trinajstić information content (AvgIpc) is 3.22. The molecule has 1 aliphatic rings. The lowest BCUT2D eigenvalue weighted by molar-refractivity contribution is 0.683. The number of nitrogens with one attached hydrogen (secondary N) is 1. The van der Waals surface area contributed by atoms with E-state index in [1.165, 1.54) is 19.2 Å². The zero-order chi connectivity index (χ0) is 11.5. The molecule has 0 bridgehead atoms. The first-order valence-electron chi connectivity index (χ1n) is 5.72. The van der Waals surface area contributed by atoms with E-state index in [1.807, 2.05) is 12.4 Å². The standard InChI is InChI=1S/C12H13N5/c1-2-10(1)14-5-9-6-15-12(16-7-9)11-3-4-13-8-17-11/h3-4,6-8,10,14H,1-2,5H2. The molecule has 5 nitrogen and oxygen atoms in total. The van der Waals surface area contributed by atoms with Crippen molar-refractivity contribution in [1.82, 2.24) is 25.3 Å². The minimum Gasteiger partial charge on any atom is -0.310 e. The molecule has 0 atom stereocenters. The van der Waals surface area contributed by atoms with Gasteiger partial charge in [-0.1, -0.05) is 0 Å². The highest BCUT2D eigenvalue weighted by atomic mass is 15.0. The van der Waals surface area contributed by atoms with Gasteiger partial charge in [0.05, 0.1) is 0 Å². The monoisotopic (exact) mass is 227 g/mol. The number of hydrogen-bond acceptors (Lipinski definition) is 5. The molecule has 1 N–H and O–H groups in total. The van der Waals surface area contributed by atoms with Crippen LogP contribution in [0.15, 0.2) is 31.0 Å². The van der Waals surface area contributed by atoms with Crippen molar-refractivity contribution in [3.05, 3.63) is 36.5 Å². The van der Waals surface area contributed by atoms with Gasteiger partial charge in [0.1, 0.15) is 12.0 Å². The second-order valence-electron chi connectivity index (χ2n) is 4.16. The fourth-order valence-electron chi connectivity index (χ4n) is 1.55. The van der Waals surface area contributed by atoms with Crippen molar-refractivity contribution < 1.29 is 0 Å². The lowest BCUT2D eigenvalue weighted by Crippen LogP contribution is -2.15. The van der Waals surface area contributed by atoms with E-state index in [2.05, 4.69) is 25.3 Å². The van der Waals surface area contributed by atoms with Crippen LogP contribution in [0, 0.1) is 0 Å². The van der Waals surface area contributed by atoms with Gasteiger partial charge in [0.2, 0.25) is 0 Å². The Morgan fingerprint density at radius 3 is 2.65 bits per heavy atom. The van der Waals surface area contributed by atoms with Crippen LogP contribution in [-0.2, 0) is 6.54 Å². The van der Waals surface area contributed by atoms with Crippen LogP contribution in [0.2, 0.25) is 0 Å². The summed E-state index contributed by atoms with van der Waals surface area (Å²) in [5, 5.41) is 3.43. The highest BCUT2D eigenvalue weighted by molar-refractivity contribution is 5.46. The van der Waals surface area contributed by atoms with Gasteiger partial charge in [-0.25, -0.2) is 19.9 Å². The third kappa shape index (κ3) is 2.62. The van der Waals surface area contributed by atoms with E-state index in [4.69, 9.17) is 0 Å². The molecule has 0 saturated heterocycles. The number of hydrogen-bond donors (Lipinski definition) is 1. The van der Waals surface area contributed by atoms with Crippen LogP contribution in [0.4, 0.5) is 0 Å². The van der Waals surface area contributed by atoms with Crippen LogP contribution >= 0.6 is 0 Å². The highest BCUT2D eigenvalue weighted by Gasteiger charge is 2.19. The van der Waals surface area contributed by atoms with Gasteiger partial charge in [-0.2, -0.15) is 0 Å². The zero-order valence-electron chi connectivity index (χ0n) is 9.37. The minimum absolute atomic E-state index is 0.641. The summed E-state index contributed by atoms with van der Waals surface area (Å²) in [5.41, 5.74) is 1.86. The molecule has 1 aliphatic carbocycles. The van der Waals surface area contributed by atoms with Gasteiger partial charge in [-0.05, 0) is 18.9 Å². The Hall–Kier alpha value is -1.88. The second kappa shape index (κ2) is 4.55. The van der Waals surface area contributed by atoms with Crippen molar-refractivity contribution in [2.24, 2.45) is 0 Å². The second-order valence-corrected chi connectivity index (χ2v) is 4.16. The third-order valence-electron chi connectivity index (χ3n) is 2.69. The minimum atomic E-state index is 0.641. The van der Waals surface area contributed by atoms with Crippen LogP contribution in [0.25, 0.3) is 11.5 Å². The Labute approximate surface area is 99.4 Å². The lowest BCUT2D eigenvalue weighted by Gasteiger charge is -2.03. The summed E-state index contributed by atoms with van der Waals surface area (Å²) < 4.78 is 0. The van der Waals surface area contributed by atoms with Crippen molar-refractivity contribution in [2.75, 3.05) is 0 Å². The molecule has 0 unspecified atom stereocenters. The van der Waals surface area contributed by atoms with Crippen LogP contribution in [-0.4, -0.2) is 26.0 Å². The van der Waals surface area contributed by atoms with Crippen molar-refractivity contribution in [3.8, 4) is 11.5 Å². The van der Waals surface area contributed by atoms with Gasteiger partial charge in [0, 0.05) is 36.7 Å². The molecule has 0 aliphatic heterocycles. The van der Waals surface area contributed by atoms with Crippen molar-refractivity contribution in [1.29, 1.82) is 0 Å². The molecule has 86 valence electrons. The maximum absolute atomic E-state index is 4.31. The van der Waals surface area contributed by atoms with Gasteiger partial charge < -0.3 is 5.32 Å². The summed E-state index contributed by atoms with van der Waals surface area (Å²) >= 11 is 0. The Morgan fingerprint density at radius 2 is 2.00 bits per heavy atom. The van der Waals surface area contributed by atoms with Gasteiger partial charge >= 0.3 is 0 Å². The van der Waals surface area contributed by atoms with Crippen LogP contribution in [0.5, 0.6) is 0 Å². The molecule has 1 saturated carbocycles. The maximum Gasteiger partial charge on any atom is 0.178 e. The molecule has 17 heavy (non-hydrogen) atoms. The Bertz CT molecular complexity index is 478. The summed E-state index contributed by atoms with van der Waals surface area (Å²) in [7, 11) is 0. The van der Waals surface area contributed by atoms with E-state index >= 15 is 0 Å². The fraction of sp³-hybridized carbons (Fsp3) is 0.333. The first-order valence-corrected chi connectivity index (χ1v) is 5.72. The van der Waals surface area contributed by atoms with Crippen LogP contribution in [0.3, 0.4) is 0 Å². The lowest BCUT2D eigenvalue weighted by atomic mass is 10.3. The Morgan fingerprint density at radius 1 is 1.18 bits per heavy atom. The molecule has 0 amide bonds. The van der Waals surface area contributed by atoms with E-state index in [0.717, 1.165) is 17.8 Å². The molecule has 2 aromatic heterocycles. The topological polar surface area (TPSA) is 63.6 Å². The molecule has 0 radical (unpaired) electrons. The summed E-state index contributed by atoms with van der Waals surface area (Å²) in [4.78, 5) is 16.6. The predicted molar refractivity (Wildman–Crippen MR) is 62.9 cm³/mol. The molecular weight excluding hydrogens is 214 g/mol. The highest BCUT2D eigenvalue weighted by Crippen LogP contribution is 2.19. The number of nitrogens with zero attached hydrogens (tertiary/aromatic N) is 4. The SMILES string of the molecule is c1cc(-c2ncc(CNC3CC3)cn2)ncn1. The summed E-state index contributed by atoms with van der Waals surface area (Å²) in [5.74, 6) is 0.641. The van der Waals surface area contributed by atoms with E-state index in [-0.39, 0.29) is 0 Å². The van der Waals surface area contributed by atoms with Crippen LogP contribution < -0.4 is 5.32 Å². The summed E-state index contributed by atoms with van der Waals surface area (Å²) in [6, 6.07) is 2.51. The molecule has 1 fully saturated rings. The van der Waals surface area contributed by atoms with E-state index in [9.17, 15) is 0 Å². The first kappa shape index (κ1) is 10.3. The molecular formula is C12H13N5.